The molecule has 0 N–H and O–H groups in total. The molecule has 13 rings (SSSR count). The molecule has 8 aromatic carbocycles. The van der Waals surface area contributed by atoms with Crippen molar-refractivity contribution < 1.29 is 0 Å². The molecule has 73 heavy (non-hydrogen) atoms. The average molecular weight is 947 g/mol. The fourth-order valence-corrected chi connectivity index (χ4v) is 11.2. The second-order valence-corrected chi connectivity index (χ2v) is 18.8. The van der Waals surface area contributed by atoms with E-state index < -0.39 is 0 Å². The molecule has 0 aliphatic heterocycles. The molecule has 0 radical (unpaired) electrons. The fourth-order valence-electron chi connectivity index (χ4n) is 10.2. The molecule has 0 atom stereocenters. The zero-order valence-electron chi connectivity index (χ0n) is 39.0. The van der Waals surface area contributed by atoms with E-state index in [4.69, 9.17) is 19.9 Å². The number of hydrogen-bond acceptors (Lipinski definition) is 7. The van der Waals surface area contributed by atoms with Gasteiger partial charge < -0.3 is 0 Å². The Labute approximate surface area is 425 Å². The number of nitrogens with zero attached hydrogens (tertiary/aromatic N) is 6. The average Bonchev–Trinajstić information content (AvgIpc) is 3.96. The van der Waals surface area contributed by atoms with Crippen LogP contribution in [0.4, 0.5) is 0 Å². The summed E-state index contributed by atoms with van der Waals surface area (Å²) in [6.45, 7) is 0. The van der Waals surface area contributed by atoms with E-state index in [2.05, 4.69) is 133 Å². The van der Waals surface area contributed by atoms with Gasteiger partial charge in [0.15, 0.2) is 0 Å². The first-order valence-electron chi connectivity index (χ1n) is 24.0. The quantitative estimate of drug-likeness (QED) is 0.141. The minimum absolute atomic E-state index is 0.451. The lowest BCUT2D eigenvalue weighted by molar-refractivity contribution is 1.34. The Balaban J connectivity index is 1.11. The summed E-state index contributed by atoms with van der Waals surface area (Å²) in [6.07, 6.45) is 0. The molecule has 0 saturated carbocycles. The SMILES string of the molecule is N#Cc1c(-c2ccccc2)nc2c(ccc3c(-c4ccccc4)cc(-c4ccccc4)nc32)c1-c1csc(-c2c(C#N)c(-c3ccccc3)nc3c2ccc2c(-c4ccccc4)cc(-c4ccccc4)nc23)c1. The van der Waals surface area contributed by atoms with Gasteiger partial charge in [-0.25, -0.2) is 19.9 Å². The molecule has 0 fully saturated rings. The van der Waals surface area contributed by atoms with Crippen molar-refractivity contribution in [3.05, 3.63) is 241 Å². The van der Waals surface area contributed by atoms with Gasteiger partial charge in [-0.3, -0.25) is 0 Å². The summed E-state index contributed by atoms with van der Waals surface area (Å²) in [4.78, 5) is 22.5. The molecule has 5 heterocycles. The predicted molar refractivity (Wildman–Crippen MR) is 298 cm³/mol. The largest absolute Gasteiger partial charge is 0.245 e. The van der Waals surface area contributed by atoms with Gasteiger partial charge in [0.1, 0.15) is 12.1 Å². The van der Waals surface area contributed by atoms with E-state index in [1.807, 2.05) is 109 Å². The van der Waals surface area contributed by atoms with Crippen molar-refractivity contribution in [1.29, 1.82) is 10.5 Å². The molecule has 0 aliphatic rings. The van der Waals surface area contributed by atoms with Gasteiger partial charge >= 0.3 is 0 Å². The van der Waals surface area contributed by atoms with E-state index in [1.54, 1.807) is 0 Å². The lowest BCUT2D eigenvalue weighted by Gasteiger charge is -2.17. The summed E-state index contributed by atoms with van der Waals surface area (Å²) in [7, 11) is 0. The number of pyridine rings is 4. The van der Waals surface area contributed by atoms with Crippen molar-refractivity contribution in [3.8, 4) is 101 Å². The molecule has 0 unspecified atom stereocenters. The van der Waals surface area contributed by atoms with Crippen LogP contribution in [0.5, 0.6) is 0 Å². The van der Waals surface area contributed by atoms with Crippen molar-refractivity contribution >= 4 is 54.9 Å². The van der Waals surface area contributed by atoms with Crippen LogP contribution in [0.1, 0.15) is 11.1 Å². The number of fused-ring (bicyclic) bond motifs is 6. The van der Waals surface area contributed by atoms with Crippen molar-refractivity contribution in [2.75, 3.05) is 0 Å². The van der Waals surface area contributed by atoms with Gasteiger partial charge in [0, 0.05) is 59.8 Å². The Hall–Kier alpha value is -9.92. The first-order chi connectivity index (χ1) is 36.1. The van der Waals surface area contributed by atoms with Gasteiger partial charge in [-0.1, -0.05) is 206 Å². The molecular weight excluding hydrogens is 909 g/mol. The van der Waals surface area contributed by atoms with Crippen LogP contribution in [0.15, 0.2) is 230 Å². The highest BCUT2D eigenvalue weighted by molar-refractivity contribution is 7.14. The summed E-state index contributed by atoms with van der Waals surface area (Å²) in [5, 5.41) is 28.3. The predicted octanol–water partition coefficient (Wildman–Crippen LogP) is 17.0. The van der Waals surface area contributed by atoms with Crippen LogP contribution in [0.2, 0.25) is 0 Å². The molecule has 0 aliphatic carbocycles. The van der Waals surface area contributed by atoms with Gasteiger partial charge in [0.25, 0.3) is 0 Å². The van der Waals surface area contributed by atoms with E-state index in [0.717, 1.165) is 110 Å². The Kier molecular flexibility index (Phi) is 10.7. The van der Waals surface area contributed by atoms with Gasteiger partial charge in [0.05, 0.1) is 56.0 Å². The summed E-state index contributed by atoms with van der Waals surface area (Å²) in [5.41, 5.74) is 16.7. The zero-order chi connectivity index (χ0) is 48.8. The first-order valence-corrected chi connectivity index (χ1v) is 24.9. The van der Waals surface area contributed by atoms with Gasteiger partial charge in [-0.2, -0.15) is 10.5 Å². The third-order valence-electron chi connectivity index (χ3n) is 13.6. The monoisotopic (exact) mass is 946 g/mol. The second kappa shape index (κ2) is 18.1. The number of thiophene rings is 1. The second-order valence-electron chi connectivity index (χ2n) is 17.9. The molecular formula is C66H38N6S. The number of rotatable bonds is 8. The van der Waals surface area contributed by atoms with Crippen molar-refractivity contribution in [3.63, 3.8) is 0 Å². The summed E-state index contributed by atoms with van der Waals surface area (Å²) >= 11 is 1.54. The third-order valence-corrected chi connectivity index (χ3v) is 14.6. The number of nitriles is 2. The zero-order valence-corrected chi connectivity index (χ0v) is 39.8. The molecule has 6 nitrogen and oxygen atoms in total. The Morgan fingerprint density at radius 3 is 1.07 bits per heavy atom. The maximum absolute atomic E-state index is 11.3. The maximum atomic E-state index is 11.3. The minimum atomic E-state index is 0.451. The molecule has 0 amide bonds. The fraction of sp³-hybridized carbons (Fsp3) is 0. The molecule has 5 aromatic heterocycles. The lowest BCUT2D eigenvalue weighted by Crippen LogP contribution is -1.99. The van der Waals surface area contributed by atoms with Crippen molar-refractivity contribution in [2.24, 2.45) is 0 Å². The molecule has 0 bridgehead atoms. The Morgan fingerprint density at radius 2 is 0.658 bits per heavy atom. The smallest absolute Gasteiger partial charge is 0.102 e. The maximum Gasteiger partial charge on any atom is 0.102 e. The molecule has 13 aromatic rings. The molecule has 0 saturated heterocycles. The standard InChI is InChI=1S/C66H38N6S/c67-38-54-59(50-33-31-48-52(41-19-7-1-8-20-41)36-56(43-23-11-3-12-24-43)69-63(48)65(50)71-61(54)45-27-15-5-16-28-45)47-35-58(73-40-47)60-51-34-32-49-53(42-21-9-2-10-22-42)37-57(44-25-13-4-14-26-44)70-64(49)66(51)72-62(55(60)39-68)46-29-17-6-18-30-46/h1-37,40H. The highest BCUT2D eigenvalue weighted by Gasteiger charge is 2.26. The van der Waals surface area contributed by atoms with Crippen molar-refractivity contribution in [1.82, 2.24) is 19.9 Å². The van der Waals surface area contributed by atoms with E-state index in [0.29, 0.717) is 33.5 Å². The van der Waals surface area contributed by atoms with Crippen LogP contribution in [-0.4, -0.2) is 19.9 Å². The van der Waals surface area contributed by atoms with Crippen LogP contribution in [0.25, 0.3) is 132 Å². The van der Waals surface area contributed by atoms with Gasteiger partial charge in [-0.05, 0) is 51.4 Å². The van der Waals surface area contributed by atoms with E-state index >= 15 is 0 Å². The summed E-state index contributed by atoms with van der Waals surface area (Å²) in [5.74, 6) is 0. The van der Waals surface area contributed by atoms with Crippen LogP contribution >= 0.6 is 11.3 Å². The van der Waals surface area contributed by atoms with Crippen LogP contribution in [-0.2, 0) is 0 Å². The summed E-state index contributed by atoms with van der Waals surface area (Å²) in [6, 6.07) is 81.1. The highest BCUT2D eigenvalue weighted by Crippen LogP contribution is 2.47. The topological polar surface area (TPSA) is 99.1 Å². The normalized spacial score (nSPS) is 11.3. The van der Waals surface area contributed by atoms with E-state index in [9.17, 15) is 10.5 Å². The minimum Gasteiger partial charge on any atom is -0.245 e. The highest BCUT2D eigenvalue weighted by atomic mass is 32.1. The molecule has 0 spiro atoms. The van der Waals surface area contributed by atoms with Crippen LogP contribution < -0.4 is 0 Å². The number of hydrogen-bond donors (Lipinski definition) is 0. The van der Waals surface area contributed by atoms with E-state index in [1.165, 1.54) is 11.3 Å². The third kappa shape index (κ3) is 7.48. The van der Waals surface area contributed by atoms with Crippen LogP contribution in [0, 0.1) is 22.7 Å². The lowest BCUT2D eigenvalue weighted by atomic mass is 9.90. The van der Waals surface area contributed by atoms with Crippen molar-refractivity contribution in [2.45, 2.75) is 0 Å². The summed E-state index contributed by atoms with van der Waals surface area (Å²) < 4.78 is 0. The Bertz CT molecular complexity index is 4080. The van der Waals surface area contributed by atoms with Crippen LogP contribution in [0.3, 0.4) is 0 Å². The Morgan fingerprint density at radius 1 is 0.315 bits per heavy atom. The van der Waals surface area contributed by atoms with Gasteiger partial charge in [-0.15, -0.1) is 11.3 Å². The number of aromatic nitrogens is 4. The van der Waals surface area contributed by atoms with Gasteiger partial charge in [0.2, 0.25) is 0 Å². The first kappa shape index (κ1) is 43.1. The van der Waals surface area contributed by atoms with E-state index in [-0.39, 0.29) is 0 Å². The molecule has 7 heteroatoms. The molecule has 338 valence electrons. The number of benzene rings is 8.